The highest BCUT2D eigenvalue weighted by Gasteiger charge is 2.10. The zero-order valence-corrected chi connectivity index (χ0v) is 12.3. The fraction of sp³-hybridized carbons (Fsp3) is 0.231. The Morgan fingerprint density at radius 1 is 1.05 bits per heavy atom. The first-order chi connectivity index (χ1) is 10.7. The molecule has 0 aliphatic carbocycles. The Bertz CT molecular complexity index is 744. The van der Waals surface area contributed by atoms with Crippen LogP contribution in [0.2, 0.25) is 0 Å². The van der Waals surface area contributed by atoms with Crippen molar-refractivity contribution in [3.63, 3.8) is 0 Å². The van der Waals surface area contributed by atoms with E-state index in [0.717, 1.165) is 0 Å². The van der Waals surface area contributed by atoms with E-state index in [9.17, 15) is 4.39 Å². The van der Waals surface area contributed by atoms with Gasteiger partial charge in [0.2, 0.25) is 11.8 Å². The maximum atomic E-state index is 12.8. The zero-order valence-electron chi connectivity index (χ0n) is 11.5. The molecule has 0 bridgehead atoms. The van der Waals surface area contributed by atoms with E-state index in [1.807, 2.05) is 0 Å². The summed E-state index contributed by atoms with van der Waals surface area (Å²) in [6, 6.07) is 5.69. The van der Waals surface area contributed by atoms with Crippen LogP contribution in [0.1, 0.15) is 17.7 Å². The summed E-state index contributed by atoms with van der Waals surface area (Å²) in [6.07, 6.45) is 0. The average molecular weight is 322 g/mol. The van der Waals surface area contributed by atoms with Crippen LogP contribution in [-0.2, 0) is 12.4 Å². The van der Waals surface area contributed by atoms with Crippen molar-refractivity contribution < 1.29 is 18.0 Å². The van der Waals surface area contributed by atoms with Gasteiger partial charge in [-0.1, -0.05) is 11.8 Å². The molecular weight excluding hydrogens is 311 g/mol. The third-order valence-corrected chi connectivity index (χ3v) is 3.31. The summed E-state index contributed by atoms with van der Waals surface area (Å²) in [5.41, 5.74) is 0. The summed E-state index contributed by atoms with van der Waals surface area (Å²) < 4.78 is 28.8. The monoisotopic (exact) mass is 322 g/mol. The molecule has 0 saturated carbocycles. The molecule has 0 unspecified atom stereocenters. The average Bonchev–Trinajstić information content (AvgIpc) is 3.13. The van der Waals surface area contributed by atoms with Crippen molar-refractivity contribution in [3.05, 3.63) is 47.8 Å². The minimum absolute atomic E-state index is 0.110. The number of benzene rings is 1. The molecule has 1 aromatic carbocycles. The van der Waals surface area contributed by atoms with Gasteiger partial charge < -0.3 is 13.6 Å². The van der Waals surface area contributed by atoms with Gasteiger partial charge in [0.15, 0.2) is 6.61 Å². The second kappa shape index (κ2) is 6.56. The van der Waals surface area contributed by atoms with E-state index < -0.39 is 0 Å². The van der Waals surface area contributed by atoms with Gasteiger partial charge in [0.1, 0.15) is 11.6 Å². The lowest BCUT2D eigenvalue weighted by Crippen LogP contribution is -1.95. The van der Waals surface area contributed by atoms with E-state index in [-0.39, 0.29) is 12.4 Å². The van der Waals surface area contributed by atoms with Gasteiger partial charge in [0.05, 0.1) is 5.75 Å². The molecule has 0 aliphatic rings. The van der Waals surface area contributed by atoms with Gasteiger partial charge in [-0.15, -0.1) is 20.4 Å². The van der Waals surface area contributed by atoms with Gasteiger partial charge in [-0.2, -0.15) is 0 Å². The van der Waals surface area contributed by atoms with Crippen LogP contribution >= 0.6 is 11.8 Å². The zero-order chi connectivity index (χ0) is 15.4. The van der Waals surface area contributed by atoms with Crippen molar-refractivity contribution in [2.24, 2.45) is 0 Å². The molecule has 0 saturated heterocycles. The minimum Gasteiger partial charge on any atom is -0.484 e. The quantitative estimate of drug-likeness (QED) is 0.640. The molecule has 114 valence electrons. The number of nitrogens with zero attached hydrogens (tertiary/aromatic N) is 4. The predicted octanol–water partition coefficient (Wildman–Crippen LogP) is 2.77. The highest BCUT2D eigenvalue weighted by Crippen LogP contribution is 2.21. The molecule has 0 atom stereocenters. The lowest BCUT2D eigenvalue weighted by molar-refractivity contribution is 0.252. The Balaban J connectivity index is 1.51. The van der Waals surface area contributed by atoms with E-state index in [0.29, 0.717) is 34.4 Å². The van der Waals surface area contributed by atoms with Crippen LogP contribution in [0.25, 0.3) is 0 Å². The number of ether oxygens (including phenoxy) is 1. The smallest absolute Gasteiger partial charge is 0.277 e. The molecule has 3 aromatic rings. The lowest BCUT2D eigenvalue weighted by atomic mass is 10.3. The van der Waals surface area contributed by atoms with Crippen LogP contribution in [0.15, 0.2) is 38.3 Å². The third kappa shape index (κ3) is 3.82. The molecule has 0 spiro atoms. The van der Waals surface area contributed by atoms with Gasteiger partial charge >= 0.3 is 0 Å². The lowest BCUT2D eigenvalue weighted by Gasteiger charge is -2.01. The topological polar surface area (TPSA) is 87.1 Å². The molecule has 0 radical (unpaired) electrons. The molecule has 2 aromatic heterocycles. The molecule has 3 rings (SSSR count). The van der Waals surface area contributed by atoms with Crippen molar-refractivity contribution >= 4 is 11.8 Å². The van der Waals surface area contributed by atoms with Crippen LogP contribution in [-0.4, -0.2) is 20.4 Å². The molecule has 9 heteroatoms. The molecule has 0 N–H and O–H groups in total. The van der Waals surface area contributed by atoms with Gasteiger partial charge in [0, 0.05) is 6.92 Å². The van der Waals surface area contributed by atoms with Gasteiger partial charge in [-0.25, -0.2) is 4.39 Å². The first-order valence-corrected chi connectivity index (χ1v) is 7.30. The van der Waals surface area contributed by atoms with E-state index >= 15 is 0 Å². The van der Waals surface area contributed by atoms with Crippen molar-refractivity contribution in [1.29, 1.82) is 0 Å². The van der Waals surface area contributed by atoms with Crippen molar-refractivity contribution in [3.8, 4) is 5.75 Å². The Labute approximate surface area is 128 Å². The van der Waals surface area contributed by atoms with E-state index in [1.165, 1.54) is 36.0 Å². The van der Waals surface area contributed by atoms with Gasteiger partial charge in [-0.3, -0.25) is 0 Å². The Kier molecular flexibility index (Phi) is 4.33. The number of hydrogen-bond donors (Lipinski definition) is 0. The number of thioether (sulfide) groups is 1. The minimum atomic E-state index is -0.319. The van der Waals surface area contributed by atoms with Gasteiger partial charge in [0.25, 0.3) is 11.1 Å². The van der Waals surface area contributed by atoms with E-state index in [1.54, 1.807) is 6.92 Å². The summed E-state index contributed by atoms with van der Waals surface area (Å²) in [5, 5.41) is 15.7. The third-order valence-electron chi connectivity index (χ3n) is 2.51. The summed E-state index contributed by atoms with van der Waals surface area (Å²) in [6.45, 7) is 1.83. The summed E-state index contributed by atoms with van der Waals surface area (Å²) in [7, 11) is 0. The van der Waals surface area contributed by atoms with E-state index in [2.05, 4.69) is 20.4 Å². The normalized spacial score (nSPS) is 10.8. The van der Waals surface area contributed by atoms with Crippen LogP contribution in [0.3, 0.4) is 0 Å². The Hall–Kier alpha value is -2.42. The number of halogens is 1. The highest BCUT2D eigenvalue weighted by molar-refractivity contribution is 7.98. The van der Waals surface area contributed by atoms with E-state index in [4.69, 9.17) is 13.6 Å². The molecule has 2 heterocycles. The van der Waals surface area contributed by atoms with Crippen LogP contribution in [0, 0.1) is 12.7 Å². The molecule has 7 nitrogen and oxygen atoms in total. The first-order valence-electron chi connectivity index (χ1n) is 6.31. The van der Waals surface area contributed by atoms with Crippen LogP contribution < -0.4 is 4.74 Å². The maximum Gasteiger partial charge on any atom is 0.277 e. The summed E-state index contributed by atoms with van der Waals surface area (Å²) in [4.78, 5) is 0. The standard InChI is InChI=1S/C13H11FN4O3S/c1-8-15-17-12(20-8)7-22-13-18-16-11(21-13)6-19-10-4-2-9(14)3-5-10/h2-5H,6-7H2,1H3. The van der Waals surface area contributed by atoms with Crippen molar-refractivity contribution in [2.75, 3.05) is 0 Å². The second-order valence-corrected chi connectivity index (χ2v) is 5.13. The second-order valence-electron chi connectivity index (χ2n) is 4.21. The summed E-state index contributed by atoms with van der Waals surface area (Å²) in [5.74, 6) is 1.98. The van der Waals surface area contributed by atoms with Crippen LogP contribution in [0.5, 0.6) is 5.75 Å². The maximum absolute atomic E-state index is 12.8. The van der Waals surface area contributed by atoms with Gasteiger partial charge in [-0.05, 0) is 24.3 Å². The number of aryl methyl sites for hydroxylation is 1. The SMILES string of the molecule is Cc1nnc(CSc2nnc(COc3ccc(F)cc3)o2)o1. The number of aromatic nitrogens is 4. The number of hydrogen-bond acceptors (Lipinski definition) is 8. The molecule has 0 amide bonds. The predicted molar refractivity (Wildman–Crippen MR) is 73.6 cm³/mol. The fourth-order valence-corrected chi connectivity index (χ4v) is 2.17. The Morgan fingerprint density at radius 2 is 1.82 bits per heavy atom. The first kappa shape index (κ1) is 14.5. The molecule has 0 fully saturated rings. The molecule has 0 aliphatic heterocycles. The summed E-state index contributed by atoms with van der Waals surface area (Å²) >= 11 is 1.29. The van der Waals surface area contributed by atoms with Crippen LogP contribution in [0.4, 0.5) is 4.39 Å². The Morgan fingerprint density at radius 3 is 2.55 bits per heavy atom. The van der Waals surface area contributed by atoms with Crippen molar-refractivity contribution in [2.45, 2.75) is 24.5 Å². The molecular formula is C13H11FN4O3S. The fourth-order valence-electron chi connectivity index (χ4n) is 1.55. The molecule has 22 heavy (non-hydrogen) atoms. The largest absolute Gasteiger partial charge is 0.484 e. The number of rotatable bonds is 6. The highest BCUT2D eigenvalue weighted by atomic mass is 32.2. The van der Waals surface area contributed by atoms with Crippen molar-refractivity contribution in [1.82, 2.24) is 20.4 Å².